The van der Waals surface area contributed by atoms with E-state index in [4.69, 9.17) is 0 Å². The molecule has 0 saturated carbocycles. The lowest BCUT2D eigenvalue weighted by atomic mass is 10.2. The summed E-state index contributed by atoms with van der Waals surface area (Å²) in [6, 6.07) is 9.62. The summed E-state index contributed by atoms with van der Waals surface area (Å²) in [6.07, 6.45) is 2.13. The lowest BCUT2D eigenvalue weighted by Crippen LogP contribution is -2.38. The van der Waals surface area contributed by atoms with Crippen molar-refractivity contribution in [2.45, 2.75) is 44.3 Å². The van der Waals surface area contributed by atoms with Crippen LogP contribution in [0, 0.1) is 0 Å². The van der Waals surface area contributed by atoms with E-state index in [9.17, 15) is 0 Å². The maximum atomic E-state index is 3.55. The summed E-state index contributed by atoms with van der Waals surface area (Å²) in [5.74, 6) is 0. The molecule has 96 valence electrons. The molecule has 1 atom stereocenters. The monoisotopic (exact) mass is 252 g/mol. The van der Waals surface area contributed by atoms with Crippen LogP contribution >= 0.6 is 11.8 Å². The van der Waals surface area contributed by atoms with Crippen molar-refractivity contribution < 1.29 is 0 Å². The van der Waals surface area contributed by atoms with Gasteiger partial charge >= 0.3 is 0 Å². The Morgan fingerprint density at radius 2 is 1.82 bits per heavy atom. The predicted molar refractivity (Wildman–Crippen MR) is 77.7 cm³/mol. The zero-order valence-corrected chi connectivity index (χ0v) is 12.1. The van der Waals surface area contributed by atoms with E-state index in [1.807, 2.05) is 11.8 Å². The van der Waals surface area contributed by atoms with Crippen LogP contribution < -0.4 is 10.6 Å². The smallest absolute Gasteiger partial charge is 0.0219 e. The second-order valence-corrected chi connectivity index (χ2v) is 5.50. The second-order valence-electron chi connectivity index (χ2n) is 4.66. The van der Waals surface area contributed by atoms with E-state index in [1.165, 1.54) is 10.5 Å². The lowest BCUT2D eigenvalue weighted by Gasteiger charge is -2.17. The maximum absolute atomic E-state index is 3.55. The van der Waals surface area contributed by atoms with Gasteiger partial charge in [-0.25, -0.2) is 0 Å². The fourth-order valence-electron chi connectivity index (χ4n) is 1.62. The molecule has 0 saturated heterocycles. The van der Waals surface area contributed by atoms with Crippen molar-refractivity contribution in [2.75, 3.05) is 12.8 Å². The first-order chi connectivity index (χ1) is 8.13. The molecule has 0 radical (unpaired) electrons. The summed E-state index contributed by atoms with van der Waals surface area (Å²) in [6.45, 7) is 8.53. The first kappa shape index (κ1) is 14.6. The molecular formula is C14H24N2S. The molecule has 0 aromatic heterocycles. The Morgan fingerprint density at radius 1 is 1.12 bits per heavy atom. The molecule has 3 heteroatoms. The summed E-state index contributed by atoms with van der Waals surface area (Å²) in [4.78, 5) is 1.36. The molecule has 0 amide bonds. The SMILES string of the molecule is CSc1ccccc1CNC(C)CNC(C)C. The zero-order valence-electron chi connectivity index (χ0n) is 11.3. The third-order valence-electron chi connectivity index (χ3n) is 2.67. The minimum absolute atomic E-state index is 0.493. The van der Waals surface area contributed by atoms with Gasteiger partial charge in [-0.15, -0.1) is 11.8 Å². The van der Waals surface area contributed by atoms with Crippen LogP contribution in [0.5, 0.6) is 0 Å². The highest BCUT2D eigenvalue weighted by Crippen LogP contribution is 2.19. The van der Waals surface area contributed by atoms with Crippen molar-refractivity contribution in [3.05, 3.63) is 29.8 Å². The number of hydrogen-bond acceptors (Lipinski definition) is 3. The zero-order chi connectivity index (χ0) is 12.7. The minimum Gasteiger partial charge on any atom is -0.313 e. The van der Waals surface area contributed by atoms with Gasteiger partial charge in [0.25, 0.3) is 0 Å². The van der Waals surface area contributed by atoms with E-state index >= 15 is 0 Å². The topological polar surface area (TPSA) is 24.1 Å². The van der Waals surface area contributed by atoms with Crippen molar-refractivity contribution in [1.82, 2.24) is 10.6 Å². The Bertz CT molecular complexity index is 326. The maximum Gasteiger partial charge on any atom is 0.0219 e. The Balaban J connectivity index is 2.39. The van der Waals surface area contributed by atoms with E-state index < -0.39 is 0 Å². The summed E-state index contributed by atoms with van der Waals surface area (Å²) in [7, 11) is 0. The van der Waals surface area contributed by atoms with Crippen molar-refractivity contribution in [2.24, 2.45) is 0 Å². The first-order valence-corrected chi connectivity index (χ1v) is 7.44. The van der Waals surface area contributed by atoms with Crippen molar-refractivity contribution >= 4 is 11.8 Å². The molecule has 2 N–H and O–H groups in total. The highest BCUT2D eigenvalue weighted by atomic mass is 32.2. The summed E-state index contributed by atoms with van der Waals surface area (Å²) in [5, 5.41) is 7.00. The molecular weight excluding hydrogens is 228 g/mol. The molecule has 0 fully saturated rings. The standard InChI is InChI=1S/C14H24N2S/c1-11(2)15-9-12(3)16-10-13-7-5-6-8-14(13)17-4/h5-8,11-12,15-16H,9-10H2,1-4H3. The van der Waals surface area contributed by atoms with Crippen molar-refractivity contribution in [1.29, 1.82) is 0 Å². The quantitative estimate of drug-likeness (QED) is 0.730. The highest BCUT2D eigenvalue weighted by Gasteiger charge is 2.04. The third-order valence-corrected chi connectivity index (χ3v) is 3.50. The molecule has 0 spiro atoms. The first-order valence-electron chi connectivity index (χ1n) is 6.22. The molecule has 0 heterocycles. The van der Waals surface area contributed by atoms with E-state index in [0.717, 1.165) is 13.1 Å². The van der Waals surface area contributed by atoms with Crippen LogP contribution in [-0.2, 0) is 6.54 Å². The van der Waals surface area contributed by atoms with Gasteiger partial charge in [-0.1, -0.05) is 32.0 Å². The van der Waals surface area contributed by atoms with E-state index in [0.29, 0.717) is 12.1 Å². The van der Waals surface area contributed by atoms with Gasteiger partial charge in [0, 0.05) is 30.1 Å². The average Bonchev–Trinajstić information content (AvgIpc) is 2.34. The second kappa shape index (κ2) is 7.75. The van der Waals surface area contributed by atoms with Crippen LogP contribution in [0.3, 0.4) is 0 Å². The molecule has 1 aromatic rings. The summed E-state index contributed by atoms with van der Waals surface area (Å²) < 4.78 is 0. The summed E-state index contributed by atoms with van der Waals surface area (Å²) in [5.41, 5.74) is 1.39. The normalized spacial score (nSPS) is 13.0. The van der Waals surface area contributed by atoms with Crippen molar-refractivity contribution in [3.8, 4) is 0 Å². The van der Waals surface area contributed by atoms with Gasteiger partial charge in [0.2, 0.25) is 0 Å². The highest BCUT2D eigenvalue weighted by molar-refractivity contribution is 7.98. The van der Waals surface area contributed by atoms with E-state index in [-0.39, 0.29) is 0 Å². The number of rotatable bonds is 7. The lowest BCUT2D eigenvalue weighted by molar-refractivity contribution is 0.472. The third kappa shape index (κ3) is 5.57. The fourth-order valence-corrected chi connectivity index (χ4v) is 2.23. The minimum atomic E-state index is 0.493. The van der Waals surface area contributed by atoms with Crippen molar-refractivity contribution in [3.63, 3.8) is 0 Å². The van der Waals surface area contributed by atoms with Gasteiger partial charge in [0.05, 0.1) is 0 Å². The Kier molecular flexibility index (Phi) is 6.63. The molecule has 17 heavy (non-hydrogen) atoms. The average molecular weight is 252 g/mol. The van der Waals surface area contributed by atoms with Crippen LogP contribution in [0.1, 0.15) is 26.3 Å². The van der Waals surface area contributed by atoms with Gasteiger partial charge in [-0.2, -0.15) is 0 Å². The number of hydrogen-bond donors (Lipinski definition) is 2. The number of nitrogens with one attached hydrogen (secondary N) is 2. The van der Waals surface area contributed by atoms with Crippen LogP contribution in [0.15, 0.2) is 29.2 Å². The van der Waals surface area contributed by atoms with Gasteiger partial charge in [-0.05, 0) is 24.8 Å². The molecule has 0 aliphatic carbocycles. The van der Waals surface area contributed by atoms with Crippen LogP contribution in [0.4, 0.5) is 0 Å². The molecule has 0 bridgehead atoms. The molecule has 2 nitrogen and oxygen atoms in total. The van der Waals surface area contributed by atoms with Crippen LogP contribution in [-0.4, -0.2) is 24.9 Å². The number of benzene rings is 1. The molecule has 1 aromatic carbocycles. The Labute approximate surface area is 110 Å². The van der Waals surface area contributed by atoms with Gasteiger partial charge < -0.3 is 10.6 Å². The van der Waals surface area contributed by atoms with E-state index in [1.54, 1.807) is 0 Å². The van der Waals surface area contributed by atoms with Crippen LogP contribution in [0.25, 0.3) is 0 Å². The molecule has 1 rings (SSSR count). The molecule has 0 aliphatic heterocycles. The van der Waals surface area contributed by atoms with Gasteiger partial charge in [0.1, 0.15) is 0 Å². The largest absolute Gasteiger partial charge is 0.313 e. The Hall–Kier alpha value is -0.510. The number of thioether (sulfide) groups is 1. The predicted octanol–water partition coefficient (Wildman–Crippen LogP) is 2.88. The van der Waals surface area contributed by atoms with Crippen LogP contribution in [0.2, 0.25) is 0 Å². The van der Waals surface area contributed by atoms with E-state index in [2.05, 4.69) is 61.9 Å². The Morgan fingerprint density at radius 3 is 2.47 bits per heavy atom. The fraction of sp³-hybridized carbons (Fsp3) is 0.571. The molecule has 1 unspecified atom stereocenters. The van der Waals surface area contributed by atoms with Gasteiger partial charge in [0.15, 0.2) is 0 Å². The molecule has 0 aliphatic rings. The van der Waals surface area contributed by atoms with Gasteiger partial charge in [-0.3, -0.25) is 0 Å². The summed E-state index contributed by atoms with van der Waals surface area (Å²) >= 11 is 1.81.